The number of thiophene rings is 1. The van der Waals surface area contributed by atoms with Gasteiger partial charge in [-0.25, -0.2) is 0 Å². The van der Waals surface area contributed by atoms with E-state index in [1.807, 2.05) is 18.4 Å². The van der Waals surface area contributed by atoms with Crippen LogP contribution >= 0.6 is 11.3 Å². The fourth-order valence-corrected chi connectivity index (χ4v) is 3.23. The molecule has 0 fully saturated rings. The Labute approximate surface area is 86.0 Å². The summed E-state index contributed by atoms with van der Waals surface area (Å²) in [5.74, 6) is -0.943. The van der Waals surface area contributed by atoms with Crippen LogP contribution in [0.1, 0.15) is 23.8 Å². The zero-order valence-electron chi connectivity index (χ0n) is 7.86. The fourth-order valence-electron chi connectivity index (χ4n) is 2.08. The van der Waals surface area contributed by atoms with Crippen molar-refractivity contribution >= 4 is 17.3 Å². The molecule has 1 aromatic rings. The maximum Gasteiger partial charge on any atom is 0.306 e. The van der Waals surface area contributed by atoms with Crippen molar-refractivity contribution in [1.29, 1.82) is 0 Å². The first-order valence-corrected chi connectivity index (χ1v) is 5.43. The minimum Gasteiger partial charge on any atom is -0.481 e. The van der Waals surface area contributed by atoms with Crippen LogP contribution in [0, 0.1) is 5.92 Å². The molecular formula is C10H12O3S. The highest BCUT2D eigenvalue weighted by Gasteiger charge is 2.45. The molecule has 0 aliphatic heterocycles. The first-order chi connectivity index (χ1) is 6.54. The summed E-state index contributed by atoms with van der Waals surface area (Å²) in [5, 5.41) is 21.0. The second kappa shape index (κ2) is 3.07. The van der Waals surface area contributed by atoms with Crippen molar-refractivity contribution in [2.24, 2.45) is 5.92 Å². The summed E-state index contributed by atoms with van der Waals surface area (Å²) < 4.78 is 0. The summed E-state index contributed by atoms with van der Waals surface area (Å²) in [7, 11) is 0. The van der Waals surface area contributed by atoms with Crippen molar-refractivity contribution < 1.29 is 15.0 Å². The van der Waals surface area contributed by atoms with Crippen molar-refractivity contribution in [2.45, 2.75) is 25.4 Å². The Kier molecular flexibility index (Phi) is 2.12. The molecule has 1 heterocycles. The van der Waals surface area contributed by atoms with Gasteiger partial charge in [0, 0.05) is 4.88 Å². The third-order valence-electron chi connectivity index (χ3n) is 2.90. The summed E-state index contributed by atoms with van der Waals surface area (Å²) in [5.41, 5.74) is -0.0405. The van der Waals surface area contributed by atoms with Gasteiger partial charge in [0.2, 0.25) is 0 Å². The van der Waals surface area contributed by atoms with Gasteiger partial charge in [-0.15, -0.1) is 11.3 Å². The second-order valence-electron chi connectivity index (χ2n) is 3.87. The van der Waals surface area contributed by atoms with E-state index >= 15 is 0 Å². The monoisotopic (exact) mass is 212 g/mol. The first-order valence-electron chi connectivity index (χ1n) is 4.55. The molecular weight excluding hydrogens is 200 g/mol. The molecule has 0 aromatic carbocycles. The first kappa shape index (κ1) is 9.68. The molecule has 0 saturated carbocycles. The molecule has 0 spiro atoms. The van der Waals surface area contributed by atoms with Crippen LogP contribution in [0.25, 0.3) is 0 Å². The molecule has 1 aliphatic carbocycles. The third-order valence-corrected chi connectivity index (χ3v) is 4.03. The average molecular weight is 212 g/mol. The summed E-state index contributed by atoms with van der Waals surface area (Å²) >= 11 is 1.45. The number of carbonyl (C=O) groups is 1. The molecule has 0 bridgehead atoms. The Bertz CT molecular complexity index is 371. The van der Waals surface area contributed by atoms with E-state index in [1.165, 1.54) is 11.3 Å². The molecule has 4 heteroatoms. The normalized spacial score (nSPS) is 30.3. The quantitative estimate of drug-likeness (QED) is 0.783. The zero-order valence-corrected chi connectivity index (χ0v) is 8.67. The van der Waals surface area contributed by atoms with Gasteiger partial charge in [-0.2, -0.15) is 0 Å². The SMILES string of the molecule is CC1Cc2ccsc2C1(O)CC(=O)O. The van der Waals surface area contributed by atoms with E-state index in [0.717, 1.165) is 16.9 Å². The summed E-state index contributed by atoms with van der Waals surface area (Å²) in [6.45, 7) is 1.90. The number of carboxylic acids is 1. The lowest BCUT2D eigenvalue weighted by atomic mass is 9.89. The van der Waals surface area contributed by atoms with Crippen molar-refractivity contribution in [3.63, 3.8) is 0 Å². The number of fused-ring (bicyclic) bond motifs is 1. The molecule has 2 rings (SSSR count). The van der Waals surface area contributed by atoms with Crippen LogP contribution in [0.4, 0.5) is 0 Å². The zero-order chi connectivity index (χ0) is 10.3. The molecule has 1 aromatic heterocycles. The smallest absolute Gasteiger partial charge is 0.306 e. The lowest BCUT2D eigenvalue weighted by Crippen LogP contribution is -2.32. The molecule has 2 atom stereocenters. The van der Waals surface area contributed by atoms with Gasteiger partial charge < -0.3 is 10.2 Å². The van der Waals surface area contributed by atoms with Crippen molar-refractivity contribution in [3.8, 4) is 0 Å². The van der Waals surface area contributed by atoms with Crippen molar-refractivity contribution in [2.75, 3.05) is 0 Å². The van der Waals surface area contributed by atoms with Gasteiger partial charge in [0.25, 0.3) is 0 Å². The lowest BCUT2D eigenvalue weighted by molar-refractivity contribution is -0.144. The van der Waals surface area contributed by atoms with E-state index in [1.54, 1.807) is 0 Å². The predicted octanol–water partition coefficient (Wildman–Crippen LogP) is 1.60. The van der Waals surface area contributed by atoms with Crippen LogP contribution in [0.15, 0.2) is 11.4 Å². The molecule has 0 amide bonds. The Morgan fingerprint density at radius 1 is 1.79 bits per heavy atom. The highest BCUT2D eigenvalue weighted by molar-refractivity contribution is 7.10. The number of hydrogen-bond donors (Lipinski definition) is 2. The van der Waals surface area contributed by atoms with Gasteiger partial charge in [-0.3, -0.25) is 4.79 Å². The van der Waals surface area contributed by atoms with Crippen LogP contribution < -0.4 is 0 Å². The number of carboxylic acid groups (broad SMARTS) is 1. The van der Waals surface area contributed by atoms with Crippen LogP contribution in [0.5, 0.6) is 0 Å². The fraction of sp³-hybridized carbons (Fsp3) is 0.500. The highest BCUT2D eigenvalue weighted by atomic mass is 32.1. The standard InChI is InChI=1S/C10H12O3S/c1-6-4-7-2-3-14-9(7)10(6,13)5-8(11)12/h2-3,6,13H,4-5H2,1H3,(H,11,12). The van der Waals surface area contributed by atoms with Gasteiger partial charge in [-0.05, 0) is 29.3 Å². The Morgan fingerprint density at radius 3 is 3.14 bits per heavy atom. The molecule has 1 aliphatic rings. The molecule has 2 unspecified atom stereocenters. The molecule has 76 valence electrons. The number of aliphatic carboxylic acids is 1. The van der Waals surface area contributed by atoms with Crippen LogP contribution in [0.3, 0.4) is 0 Å². The van der Waals surface area contributed by atoms with E-state index in [2.05, 4.69) is 0 Å². The third kappa shape index (κ3) is 1.26. The van der Waals surface area contributed by atoms with Gasteiger partial charge in [0.05, 0.1) is 6.42 Å². The summed E-state index contributed by atoms with van der Waals surface area (Å²) in [6.07, 6.45) is 0.588. The van der Waals surface area contributed by atoms with E-state index in [9.17, 15) is 9.90 Å². The lowest BCUT2D eigenvalue weighted by Gasteiger charge is -2.25. The van der Waals surface area contributed by atoms with Gasteiger partial charge in [-0.1, -0.05) is 6.92 Å². The van der Waals surface area contributed by atoms with Gasteiger partial charge >= 0.3 is 5.97 Å². The summed E-state index contributed by atoms with van der Waals surface area (Å²) in [6, 6.07) is 1.97. The minimum atomic E-state index is -1.14. The van der Waals surface area contributed by atoms with Gasteiger partial charge in [0.1, 0.15) is 5.60 Å². The Hall–Kier alpha value is -0.870. The predicted molar refractivity (Wildman–Crippen MR) is 53.3 cm³/mol. The molecule has 14 heavy (non-hydrogen) atoms. The number of aliphatic hydroxyl groups is 1. The largest absolute Gasteiger partial charge is 0.481 e. The van der Waals surface area contributed by atoms with Crippen LogP contribution in [-0.4, -0.2) is 16.2 Å². The van der Waals surface area contributed by atoms with Crippen LogP contribution in [0.2, 0.25) is 0 Å². The highest BCUT2D eigenvalue weighted by Crippen LogP contribution is 2.46. The number of hydrogen-bond acceptors (Lipinski definition) is 3. The Balaban J connectivity index is 2.39. The van der Waals surface area contributed by atoms with Crippen molar-refractivity contribution in [1.82, 2.24) is 0 Å². The van der Waals surface area contributed by atoms with E-state index in [0.29, 0.717) is 0 Å². The molecule has 2 N–H and O–H groups in total. The van der Waals surface area contributed by atoms with E-state index in [4.69, 9.17) is 5.11 Å². The topological polar surface area (TPSA) is 57.5 Å². The van der Waals surface area contributed by atoms with E-state index < -0.39 is 11.6 Å². The Morgan fingerprint density at radius 2 is 2.50 bits per heavy atom. The molecule has 3 nitrogen and oxygen atoms in total. The van der Waals surface area contributed by atoms with E-state index in [-0.39, 0.29) is 12.3 Å². The van der Waals surface area contributed by atoms with Crippen LogP contribution in [-0.2, 0) is 16.8 Å². The average Bonchev–Trinajstić information content (AvgIpc) is 2.57. The van der Waals surface area contributed by atoms with Crippen molar-refractivity contribution in [3.05, 3.63) is 21.9 Å². The maximum atomic E-state index is 10.7. The number of rotatable bonds is 2. The van der Waals surface area contributed by atoms with Gasteiger partial charge in [0.15, 0.2) is 0 Å². The molecule has 0 saturated heterocycles. The maximum absolute atomic E-state index is 10.7. The minimum absolute atomic E-state index is 0.000972. The molecule has 0 radical (unpaired) electrons. The summed E-state index contributed by atoms with van der Waals surface area (Å²) in [4.78, 5) is 11.5. The second-order valence-corrected chi connectivity index (χ2v) is 4.79.